The second-order valence-electron chi connectivity index (χ2n) is 5.76. The fourth-order valence-corrected chi connectivity index (χ4v) is 3.61. The molecular weight excluding hydrogens is 380 g/mol. The van der Waals surface area contributed by atoms with Crippen LogP contribution in [0.15, 0.2) is 53.6 Å². The highest BCUT2D eigenvalue weighted by Crippen LogP contribution is 2.25. The average Bonchev–Trinajstić information content (AvgIpc) is 3.24. The lowest BCUT2D eigenvalue weighted by Crippen LogP contribution is -2.08. The first-order valence-corrected chi connectivity index (χ1v) is 9.51. The van der Waals surface area contributed by atoms with Gasteiger partial charge in [0.05, 0.1) is 16.4 Å². The van der Waals surface area contributed by atoms with Crippen LogP contribution in [0.1, 0.15) is 11.4 Å². The summed E-state index contributed by atoms with van der Waals surface area (Å²) in [6.07, 6.45) is 2.31. The Hall–Kier alpha value is -3.04. The van der Waals surface area contributed by atoms with Gasteiger partial charge in [0.25, 0.3) is 0 Å². The minimum Gasteiger partial charge on any atom is -0.508 e. The number of anilines is 1. The number of phenols is 1. The van der Waals surface area contributed by atoms with Crippen LogP contribution >= 0.6 is 23.6 Å². The normalized spacial score (nSPS) is 11.4. The lowest BCUT2D eigenvalue weighted by molar-refractivity contribution is 0.475. The summed E-state index contributed by atoms with van der Waals surface area (Å²) in [5.74, 6) is 0.942. The van der Waals surface area contributed by atoms with Crippen LogP contribution in [0, 0.1) is 4.77 Å². The molecule has 0 atom stereocenters. The van der Waals surface area contributed by atoms with Gasteiger partial charge in [0.15, 0.2) is 11.0 Å². The van der Waals surface area contributed by atoms with Crippen molar-refractivity contribution in [2.45, 2.75) is 6.42 Å². The molecule has 0 aliphatic heterocycles. The number of rotatable bonds is 6. The highest BCUT2D eigenvalue weighted by Gasteiger charge is 2.07. The molecule has 7 nitrogen and oxygen atoms in total. The fourth-order valence-electron chi connectivity index (χ4n) is 2.52. The Morgan fingerprint density at radius 2 is 2.04 bits per heavy atom. The Bertz CT molecular complexity index is 1110. The van der Waals surface area contributed by atoms with Crippen LogP contribution in [0.2, 0.25) is 0 Å². The molecule has 0 bridgehead atoms. The number of thiazole rings is 1. The van der Waals surface area contributed by atoms with Crippen molar-refractivity contribution in [2.75, 3.05) is 11.9 Å². The predicted molar refractivity (Wildman–Crippen MR) is 110 cm³/mol. The van der Waals surface area contributed by atoms with Crippen LogP contribution in [-0.2, 0) is 6.42 Å². The number of aromatic amines is 1. The lowest BCUT2D eigenvalue weighted by atomic mass is 10.2. The minimum atomic E-state index is 0.216. The summed E-state index contributed by atoms with van der Waals surface area (Å²) in [5.41, 5.74) is 1.85. The van der Waals surface area contributed by atoms with E-state index >= 15 is 0 Å². The molecule has 0 amide bonds. The lowest BCUT2D eigenvalue weighted by Gasteiger charge is -2.02. The molecule has 0 radical (unpaired) electrons. The molecule has 0 saturated carbocycles. The second kappa shape index (κ2) is 7.68. The van der Waals surface area contributed by atoms with Crippen molar-refractivity contribution in [2.24, 2.45) is 5.10 Å². The quantitative estimate of drug-likeness (QED) is 0.341. The van der Waals surface area contributed by atoms with Crippen LogP contribution in [0.5, 0.6) is 5.75 Å². The Labute approximate surface area is 164 Å². The van der Waals surface area contributed by atoms with Gasteiger partial charge in [-0.25, -0.2) is 4.98 Å². The number of phenolic OH excluding ortho intramolecular Hbond substituents is 1. The summed E-state index contributed by atoms with van der Waals surface area (Å²) >= 11 is 6.88. The topological polar surface area (TPSA) is 91.1 Å². The van der Waals surface area contributed by atoms with E-state index in [1.54, 1.807) is 46.5 Å². The van der Waals surface area contributed by atoms with E-state index in [9.17, 15) is 5.11 Å². The Balaban J connectivity index is 1.43. The Kier molecular flexibility index (Phi) is 4.95. The first-order chi connectivity index (χ1) is 13.2. The van der Waals surface area contributed by atoms with Gasteiger partial charge in [-0.2, -0.15) is 14.9 Å². The summed E-state index contributed by atoms with van der Waals surface area (Å²) in [4.78, 5) is 4.56. The van der Waals surface area contributed by atoms with Gasteiger partial charge in [0.1, 0.15) is 5.75 Å². The zero-order valence-electron chi connectivity index (χ0n) is 14.2. The van der Waals surface area contributed by atoms with E-state index in [1.807, 2.05) is 18.2 Å². The third kappa shape index (κ3) is 4.04. The number of hydrogen-bond donors (Lipinski definition) is 3. The number of nitrogens with one attached hydrogen (secondary N) is 2. The third-order valence-electron chi connectivity index (χ3n) is 3.85. The first-order valence-electron chi connectivity index (χ1n) is 8.28. The summed E-state index contributed by atoms with van der Waals surface area (Å²) < 4.78 is 3.18. The second-order valence-corrected chi connectivity index (χ2v) is 7.17. The smallest absolute Gasteiger partial charge is 0.216 e. The summed E-state index contributed by atoms with van der Waals surface area (Å²) in [7, 11) is 0. The first kappa shape index (κ1) is 17.4. The van der Waals surface area contributed by atoms with E-state index in [0.29, 0.717) is 17.7 Å². The molecule has 0 saturated heterocycles. The number of benzene rings is 2. The van der Waals surface area contributed by atoms with Gasteiger partial charge >= 0.3 is 0 Å². The molecule has 4 rings (SSSR count). The molecule has 27 heavy (non-hydrogen) atoms. The van der Waals surface area contributed by atoms with Gasteiger partial charge in [-0.05, 0) is 54.2 Å². The van der Waals surface area contributed by atoms with Gasteiger partial charge in [0, 0.05) is 13.0 Å². The van der Waals surface area contributed by atoms with E-state index in [-0.39, 0.29) is 5.75 Å². The van der Waals surface area contributed by atoms with Crippen LogP contribution in [0.3, 0.4) is 0 Å². The third-order valence-corrected chi connectivity index (χ3v) is 5.11. The molecule has 9 heteroatoms. The molecule has 2 aromatic carbocycles. The molecule has 2 aromatic heterocycles. The maximum absolute atomic E-state index is 9.34. The highest BCUT2D eigenvalue weighted by atomic mass is 32.1. The monoisotopic (exact) mass is 396 g/mol. The van der Waals surface area contributed by atoms with E-state index in [4.69, 9.17) is 12.2 Å². The number of fused-ring (bicyclic) bond motifs is 1. The molecule has 136 valence electrons. The summed E-state index contributed by atoms with van der Waals surface area (Å²) in [6, 6.07) is 14.8. The van der Waals surface area contributed by atoms with Crippen molar-refractivity contribution >= 4 is 45.1 Å². The zero-order chi connectivity index (χ0) is 18.6. The summed E-state index contributed by atoms with van der Waals surface area (Å²) in [6.45, 7) is 0.661. The van der Waals surface area contributed by atoms with Gasteiger partial charge in [-0.3, -0.25) is 5.10 Å². The SMILES string of the molecule is Oc1ccc(/C=N/n2c(CCNc3nc4ccccc4s3)n[nH]c2=S)cc1. The number of H-pyrrole nitrogens is 1. The molecule has 0 fully saturated rings. The largest absolute Gasteiger partial charge is 0.508 e. The Morgan fingerprint density at radius 1 is 1.22 bits per heavy atom. The van der Waals surface area contributed by atoms with E-state index in [2.05, 4.69) is 31.7 Å². The number of hydrogen-bond acceptors (Lipinski definition) is 7. The standard InChI is InChI=1S/C18H16N6OS2/c25-13-7-5-12(6-8-13)11-20-24-16(22-23-18(24)26)9-10-19-17-21-14-3-1-2-4-15(14)27-17/h1-8,11,25H,9-10H2,(H,19,21)(H,23,26)/b20-11+. The molecule has 0 spiro atoms. The van der Waals surface area contributed by atoms with Gasteiger partial charge < -0.3 is 10.4 Å². The molecule has 2 heterocycles. The highest BCUT2D eigenvalue weighted by molar-refractivity contribution is 7.71. The van der Waals surface area contributed by atoms with Crippen molar-refractivity contribution in [3.05, 3.63) is 64.7 Å². The van der Waals surface area contributed by atoms with Gasteiger partial charge in [-0.15, -0.1) is 0 Å². The van der Waals surface area contributed by atoms with E-state index in [1.165, 1.54) is 0 Å². The molecule has 0 aliphatic rings. The van der Waals surface area contributed by atoms with E-state index in [0.717, 1.165) is 26.7 Å². The molecule has 0 unspecified atom stereocenters. The fraction of sp³-hybridized carbons (Fsp3) is 0.111. The van der Waals surface area contributed by atoms with Crippen molar-refractivity contribution in [1.29, 1.82) is 0 Å². The molecular formula is C18H16N6OS2. The molecule has 0 aliphatic carbocycles. The predicted octanol–water partition coefficient (Wildman–Crippen LogP) is 3.79. The number of nitrogens with zero attached hydrogens (tertiary/aromatic N) is 4. The summed E-state index contributed by atoms with van der Waals surface area (Å²) in [5, 5.41) is 25.0. The zero-order valence-corrected chi connectivity index (χ0v) is 15.8. The maximum atomic E-state index is 9.34. The minimum absolute atomic E-state index is 0.216. The van der Waals surface area contributed by atoms with Crippen molar-refractivity contribution < 1.29 is 5.11 Å². The average molecular weight is 397 g/mol. The number of aromatic hydroxyl groups is 1. The molecule has 3 N–H and O–H groups in total. The van der Waals surface area contributed by atoms with Crippen LogP contribution < -0.4 is 5.32 Å². The molecule has 4 aromatic rings. The van der Waals surface area contributed by atoms with Crippen LogP contribution in [0.25, 0.3) is 10.2 Å². The van der Waals surface area contributed by atoms with Crippen LogP contribution in [0.4, 0.5) is 5.13 Å². The van der Waals surface area contributed by atoms with Crippen molar-refractivity contribution in [3.8, 4) is 5.75 Å². The Morgan fingerprint density at radius 3 is 2.85 bits per heavy atom. The number of aromatic nitrogens is 4. The maximum Gasteiger partial charge on any atom is 0.216 e. The number of para-hydroxylation sites is 1. The van der Waals surface area contributed by atoms with Gasteiger partial charge in [-0.1, -0.05) is 23.5 Å². The van der Waals surface area contributed by atoms with Crippen molar-refractivity contribution in [3.63, 3.8) is 0 Å². The van der Waals surface area contributed by atoms with Gasteiger partial charge in [0.2, 0.25) is 4.77 Å². The van der Waals surface area contributed by atoms with Crippen LogP contribution in [-0.4, -0.2) is 37.7 Å². The van der Waals surface area contributed by atoms with Crippen molar-refractivity contribution in [1.82, 2.24) is 19.9 Å². The van der Waals surface area contributed by atoms with E-state index < -0.39 is 0 Å².